The van der Waals surface area contributed by atoms with Gasteiger partial charge in [0.25, 0.3) is 5.91 Å². The normalized spacial score (nSPS) is 21.1. The SMILES string of the molecule is CCC[C@H](NC(=O)[C@@H]1C[C@]2(CC(c3cccc(Cl)c3)=NO2)CN1C(=O)[C@@H](NC(=O)CC1CCCCC1)C(C)(C)C)C(=O)C(=O)NCc1nc2ccccc2[nH]1. The molecular weight excluding hydrogens is 722 g/mol. The Morgan fingerprint density at radius 1 is 1.04 bits per heavy atom. The van der Waals surface area contributed by atoms with Crippen LogP contribution in [-0.2, 0) is 35.4 Å². The molecule has 4 amide bonds. The van der Waals surface area contributed by atoms with E-state index in [-0.39, 0.29) is 37.8 Å². The summed E-state index contributed by atoms with van der Waals surface area (Å²) in [7, 11) is 0. The fourth-order valence-electron chi connectivity index (χ4n) is 7.96. The van der Waals surface area contributed by atoms with Crippen LogP contribution in [0.4, 0.5) is 0 Å². The van der Waals surface area contributed by atoms with Crippen molar-refractivity contribution < 1.29 is 28.8 Å². The van der Waals surface area contributed by atoms with Gasteiger partial charge in [-0.1, -0.05) is 94.4 Å². The Balaban J connectivity index is 1.20. The Morgan fingerprint density at radius 2 is 1.80 bits per heavy atom. The monoisotopic (exact) mass is 773 g/mol. The number of ketones is 1. The molecule has 2 aromatic carbocycles. The number of benzene rings is 2. The predicted octanol–water partition coefficient (Wildman–Crippen LogP) is 5.35. The summed E-state index contributed by atoms with van der Waals surface area (Å²) in [6, 6.07) is 11.5. The molecule has 4 atom stereocenters. The minimum absolute atomic E-state index is 0.00751. The number of fused-ring (bicyclic) bond motifs is 1. The molecule has 2 fully saturated rings. The highest BCUT2D eigenvalue weighted by Crippen LogP contribution is 2.40. The lowest BCUT2D eigenvalue weighted by molar-refractivity contribution is -0.145. The predicted molar refractivity (Wildman–Crippen MR) is 209 cm³/mol. The molecule has 1 aliphatic carbocycles. The van der Waals surface area contributed by atoms with E-state index in [1.807, 2.05) is 64.1 Å². The van der Waals surface area contributed by atoms with E-state index in [1.165, 1.54) is 11.3 Å². The number of H-pyrrole nitrogens is 1. The molecule has 3 aromatic rings. The van der Waals surface area contributed by atoms with Gasteiger partial charge in [0.2, 0.25) is 23.5 Å². The van der Waals surface area contributed by atoms with Gasteiger partial charge in [0.05, 0.1) is 35.9 Å². The number of aromatic nitrogens is 2. The number of hydrogen-bond acceptors (Lipinski definition) is 8. The van der Waals surface area contributed by atoms with Crippen molar-refractivity contribution in [1.82, 2.24) is 30.8 Å². The van der Waals surface area contributed by atoms with Crippen molar-refractivity contribution in [2.75, 3.05) is 6.54 Å². The summed E-state index contributed by atoms with van der Waals surface area (Å²) in [5.41, 5.74) is 1.18. The van der Waals surface area contributed by atoms with E-state index in [1.54, 1.807) is 12.1 Å². The van der Waals surface area contributed by atoms with Crippen LogP contribution >= 0.6 is 11.6 Å². The summed E-state index contributed by atoms with van der Waals surface area (Å²) < 4.78 is 0. The third kappa shape index (κ3) is 9.55. The number of hydrogen-bond donors (Lipinski definition) is 4. The maximum Gasteiger partial charge on any atom is 0.289 e. The van der Waals surface area contributed by atoms with Crippen LogP contribution in [-0.4, -0.2) is 80.3 Å². The Hall–Kier alpha value is -4.78. The van der Waals surface area contributed by atoms with Crippen LogP contribution in [0.3, 0.4) is 0 Å². The van der Waals surface area contributed by atoms with Crippen LogP contribution in [0.25, 0.3) is 11.0 Å². The Bertz CT molecular complexity index is 1920. The number of nitrogens with one attached hydrogen (secondary N) is 4. The molecular formula is C41H52ClN7O6. The standard InChI is InChI=1S/C41H52ClN7O6/c1-5-12-30(35(51)38(53)43-23-33-44-28-17-9-10-18-29(28)45-33)46-37(52)32-22-41(21-31(48-55-41)26-15-11-16-27(42)20-26)24-49(32)39(54)36(40(2,3)4)47-34(50)19-25-13-7-6-8-14-25/h9-11,15-18,20,25,30,32,36H,5-8,12-14,19,21-24H2,1-4H3,(H,43,53)(H,44,45)(H,46,52)(H,47,50)/t30-,32-,36+,41+/m0/s1. The number of aromatic amines is 1. The van der Waals surface area contributed by atoms with Crippen LogP contribution in [0.5, 0.6) is 0 Å². The number of Topliss-reactive ketones (excluding diaryl/α,β-unsaturated/α-hetero) is 1. The zero-order chi connectivity index (χ0) is 39.3. The molecule has 14 heteroatoms. The van der Waals surface area contributed by atoms with Gasteiger partial charge in [-0.25, -0.2) is 4.98 Å². The minimum Gasteiger partial charge on any atom is -0.387 e. The molecule has 3 aliphatic rings. The summed E-state index contributed by atoms with van der Waals surface area (Å²) in [4.78, 5) is 84.3. The van der Waals surface area contributed by atoms with Gasteiger partial charge in [-0.2, -0.15) is 0 Å². The number of oxime groups is 1. The Morgan fingerprint density at radius 3 is 2.51 bits per heavy atom. The first-order valence-corrected chi connectivity index (χ1v) is 19.8. The second-order valence-electron chi connectivity index (χ2n) is 16.4. The maximum absolute atomic E-state index is 14.7. The quantitative estimate of drug-likeness (QED) is 0.169. The first-order chi connectivity index (χ1) is 26.2. The average molecular weight is 774 g/mol. The Kier molecular flexibility index (Phi) is 12.3. The number of carbonyl (C=O) groups excluding carboxylic acids is 5. The second-order valence-corrected chi connectivity index (χ2v) is 16.8. The maximum atomic E-state index is 14.7. The molecule has 0 radical (unpaired) electrons. The lowest BCUT2D eigenvalue weighted by Crippen LogP contribution is -2.59. The summed E-state index contributed by atoms with van der Waals surface area (Å²) >= 11 is 6.28. The van der Waals surface area contributed by atoms with E-state index in [0.717, 1.165) is 42.3 Å². The summed E-state index contributed by atoms with van der Waals surface area (Å²) in [5.74, 6) is -2.12. The first kappa shape index (κ1) is 39.9. The van der Waals surface area contributed by atoms with Crippen molar-refractivity contribution in [3.05, 3.63) is 64.9 Å². The molecule has 2 aliphatic heterocycles. The van der Waals surface area contributed by atoms with Gasteiger partial charge in [-0.15, -0.1) is 0 Å². The van der Waals surface area contributed by atoms with E-state index in [9.17, 15) is 24.0 Å². The average Bonchev–Trinajstić information content (AvgIpc) is 3.88. The molecule has 1 saturated carbocycles. The topological polar surface area (TPSA) is 175 Å². The van der Waals surface area contributed by atoms with E-state index in [4.69, 9.17) is 16.4 Å². The lowest BCUT2D eigenvalue weighted by Gasteiger charge is -2.36. The fourth-order valence-corrected chi connectivity index (χ4v) is 8.15. The molecule has 3 heterocycles. The van der Waals surface area contributed by atoms with Crippen molar-refractivity contribution in [3.63, 3.8) is 0 Å². The van der Waals surface area contributed by atoms with E-state index in [2.05, 4.69) is 31.1 Å². The minimum atomic E-state index is -1.14. The largest absolute Gasteiger partial charge is 0.387 e. The summed E-state index contributed by atoms with van der Waals surface area (Å²) in [6.07, 6.45) is 6.76. The van der Waals surface area contributed by atoms with Gasteiger partial charge in [-0.3, -0.25) is 24.0 Å². The van der Waals surface area contributed by atoms with Crippen molar-refractivity contribution in [2.45, 2.75) is 122 Å². The second kappa shape index (κ2) is 16.9. The number of imidazole rings is 1. The van der Waals surface area contributed by atoms with E-state index < -0.39 is 52.6 Å². The number of halogens is 1. The van der Waals surface area contributed by atoms with Gasteiger partial charge in [0, 0.05) is 29.8 Å². The van der Waals surface area contributed by atoms with Gasteiger partial charge < -0.3 is 30.7 Å². The van der Waals surface area contributed by atoms with E-state index >= 15 is 0 Å². The van der Waals surface area contributed by atoms with Gasteiger partial charge in [0.15, 0.2) is 5.60 Å². The number of rotatable bonds is 13. The smallest absolute Gasteiger partial charge is 0.289 e. The number of nitrogens with zero attached hydrogens (tertiary/aromatic N) is 3. The molecule has 6 rings (SSSR count). The van der Waals surface area contributed by atoms with Crippen LogP contribution in [0.2, 0.25) is 5.02 Å². The first-order valence-electron chi connectivity index (χ1n) is 19.4. The summed E-state index contributed by atoms with van der Waals surface area (Å²) in [6.45, 7) is 7.50. The summed E-state index contributed by atoms with van der Waals surface area (Å²) in [5, 5.41) is 13.4. The molecule has 294 valence electrons. The van der Waals surface area contributed by atoms with Crippen molar-refractivity contribution in [3.8, 4) is 0 Å². The van der Waals surface area contributed by atoms with Crippen LogP contribution in [0, 0.1) is 11.3 Å². The molecule has 55 heavy (non-hydrogen) atoms. The lowest BCUT2D eigenvalue weighted by atomic mass is 9.84. The molecule has 13 nitrogen and oxygen atoms in total. The highest BCUT2D eigenvalue weighted by atomic mass is 35.5. The third-order valence-electron chi connectivity index (χ3n) is 10.9. The van der Waals surface area contributed by atoms with Gasteiger partial charge >= 0.3 is 0 Å². The zero-order valence-corrected chi connectivity index (χ0v) is 32.8. The van der Waals surface area contributed by atoms with Crippen LogP contribution < -0.4 is 16.0 Å². The van der Waals surface area contributed by atoms with Gasteiger partial charge in [-0.05, 0) is 54.9 Å². The molecule has 1 saturated heterocycles. The number of carbonyl (C=O) groups is 5. The van der Waals surface area contributed by atoms with Crippen LogP contribution in [0.1, 0.15) is 103 Å². The fraction of sp³-hybridized carbons (Fsp3) is 0.537. The molecule has 1 spiro atoms. The van der Waals surface area contributed by atoms with Crippen molar-refractivity contribution in [2.24, 2.45) is 16.5 Å². The molecule has 1 aromatic heterocycles. The third-order valence-corrected chi connectivity index (χ3v) is 11.1. The van der Waals surface area contributed by atoms with Gasteiger partial charge in [0.1, 0.15) is 17.9 Å². The number of likely N-dealkylation sites (tertiary alicyclic amines) is 1. The molecule has 0 bridgehead atoms. The number of amides is 4. The zero-order valence-electron chi connectivity index (χ0n) is 32.1. The van der Waals surface area contributed by atoms with E-state index in [0.29, 0.717) is 35.8 Å². The molecule has 0 unspecified atom stereocenters. The van der Waals surface area contributed by atoms with Crippen molar-refractivity contribution >= 4 is 57.8 Å². The van der Waals surface area contributed by atoms with Crippen LogP contribution in [0.15, 0.2) is 53.7 Å². The number of para-hydroxylation sites is 2. The molecule has 4 N–H and O–H groups in total. The highest BCUT2D eigenvalue weighted by Gasteiger charge is 2.55. The highest BCUT2D eigenvalue weighted by molar-refractivity contribution is 6.38. The Labute approximate surface area is 326 Å². The van der Waals surface area contributed by atoms with Crippen molar-refractivity contribution in [1.29, 1.82) is 0 Å².